The molecule has 0 fully saturated rings. The number of hydrogen-bond acceptors (Lipinski definition) is 7. The monoisotopic (exact) mass is 391 g/mol. The van der Waals surface area contributed by atoms with Gasteiger partial charge in [0.15, 0.2) is 15.0 Å². The van der Waals surface area contributed by atoms with E-state index < -0.39 is 20.7 Å². The summed E-state index contributed by atoms with van der Waals surface area (Å²) in [5, 5.41) is 13.7. The Balaban J connectivity index is 1.81. The van der Waals surface area contributed by atoms with Crippen molar-refractivity contribution in [2.24, 2.45) is 0 Å². The van der Waals surface area contributed by atoms with Crippen LogP contribution in [0.3, 0.4) is 0 Å². The van der Waals surface area contributed by atoms with E-state index in [0.717, 1.165) is 0 Å². The number of non-ortho nitro benzene ring substituents is 1. The molecule has 0 radical (unpaired) electrons. The average molecular weight is 391 g/mol. The summed E-state index contributed by atoms with van der Waals surface area (Å²) in [6, 6.07) is 9.91. The van der Waals surface area contributed by atoms with Gasteiger partial charge in [0.25, 0.3) is 11.6 Å². The molecule has 0 atom stereocenters. The molecule has 0 aliphatic carbocycles. The van der Waals surface area contributed by atoms with Gasteiger partial charge in [0, 0.05) is 17.7 Å². The molecule has 0 saturated carbocycles. The van der Waals surface area contributed by atoms with Gasteiger partial charge in [-0.1, -0.05) is 18.3 Å². The summed E-state index contributed by atoms with van der Waals surface area (Å²) in [6.07, 6.45) is 0. The van der Waals surface area contributed by atoms with Crippen LogP contribution in [-0.2, 0) is 9.84 Å². The van der Waals surface area contributed by atoms with Gasteiger partial charge in [-0.2, -0.15) is 0 Å². The lowest BCUT2D eigenvalue weighted by Crippen LogP contribution is -2.12. The molecule has 8 nitrogen and oxygen atoms in total. The van der Waals surface area contributed by atoms with Gasteiger partial charge in [-0.25, -0.2) is 13.4 Å². The first-order valence-corrected chi connectivity index (χ1v) is 9.96. The summed E-state index contributed by atoms with van der Waals surface area (Å²) in [5.74, 6) is -0.463. The van der Waals surface area contributed by atoms with Crippen LogP contribution in [0.25, 0.3) is 10.2 Å². The number of benzene rings is 2. The van der Waals surface area contributed by atoms with Crippen LogP contribution in [0.5, 0.6) is 0 Å². The lowest BCUT2D eigenvalue weighted by atomic mass is 10.2. The first kappa shape index (κ1) is 18.0. The molecule has 3 rings (SSSR count). The highest BCUT2D eigenvalue weighted by Crippen LogP contribution is 2.29. The number of carbonyl (C=O) groups is 1. The number of aromatic nitrogens is 1. The molecule has 0 aliphatic rings. The van der Waals surface area contributed by atoms with Gasteiger partial charge in [-0.15, -0.1) is 0 Å². The van der Waals surface area contributed by atoms with Gasteiger partial charge in [0.1, 0.15) is 0 Å². The maximum Gasteiger partial charge on any atom is 0.271 e. The Morgan fingerprint density at radius 2 is 1.92 bits per heavy atom. The Bertz CT molecular complexity index is 1100. The maximum atomic E-state index is 12.3. The predicted molar refractivity (Wildman–Crippen MR) is 98.4 cm³/mol. The largest absolute Gasteiger partial charge is 0.298 e. The van der Waals surface area contributed by atoms with Crippen LogP contribution in [0.4, 0.5) is 10.8 Å². The van der Waals surface area contributed by atoms with Gasteiger partial charge in [-0.05, 0) is 30.3 Å². The molecule has 3 aromatic rings. The number of nitro groups is 1. The molecule has 0 bridgehead atoms. The van der Waals surface area contributed by atoms with E-state index in [1.807, 2.05) is 0 Å². The molecule has 1 N–H and O–H groups in total. The zero-order valence-corrected chi connectivity index (χ0v) is 15.1. The molecule has 1 heterocycles. The highest BCUT2D eigenvalue weighted by molar-refractivity contribution is 7.91. The number of amides is 1. The van der Waals surface area contributed by atoms with Crippen LogP contribution in [0, 0.1) is 10.1 Å². The first-order chi connectivity index (χ1) is 12.3. The number of thiazole rings is 1. The Kier molecular flexibility index (Phi) is 4.70. The number of nitrogens with one attached hydrogen (secondary N) is 1. The standard InChI is InChI=1S/C16H13N3O5S2/c1-2-26(23,24)12-6-3-10(4-7-12)15(20)18-16-17-13-9-11(19(21)22)5-8-14(13)25-16/h3-9H,2H2,1H3,(H,17,18,20). The Morgan fingerprint density at radius 1 is 1.23 bits per heavy atom. The van der Waals surface area contributed by atoms with Crippen molar-refractivity contribution in [2.45, 2.75) is 11.8 Å². The van der Waals surface area contributed by atoms with E-state index in [0.29, 0.717) is 15.3 Å². The van der Waals surface area contributed by atoms with Crippen LogP contribution in [-0.4, -0.2) is 30.0 Å². The zero-order chi connectivity index (χ0) is 18.9. The summed E-state index contributed by atoms with van der Waals surface area (Å²) in [7, 11) is -3.33. The van der Waals surface area contributed by atoms with Gasteiger partial charge < -0.3 is 0 Å². The molecule has 26 heavy (non-hydrogen) atoms. The van der Waals surface area contributed by atoms with Crippen LogP contribution in [0.2, 0.25) is 0 Å². The predicted octanol–water partition coefficient (Wildman–Crippen LogP) is 3.25. The molecule has 1 amide bonds. The van der Waals surface area contributed by atoms with Crippen LogP contribution < -0.4 is 5.32 Å². The molecule has 1 aromatic heterocycles. The van der Waals surface area contributed by atoms with E-state index in [-0.39, 0.29) is 21.9 Å². The van der Waals surface area contributed by atoms with Crippen molar-refractivity contribution in [3.8, 4) is 0 Å². The van der Waals surface area contributed by atoms with Crippen LogP contribution in [0.1, 0.15) is 17.3 Å². The summed E-state index contributed by atoms with van der Waals surface area (Å²) in [5.41, 5.74) is 0.627. The zero-order valence-electron chi connectivity index (χ0n) is 13.5. The molecule has 2 aromatic carbocycles. The fourth-order valence-corrected chi connectivity index (χ4v) is 3.96. The number of nitrogens with zero attached hydrogens (tertiary/aromatic N) is 2. The Labute approximate surface area is 152 Å². The third-order valence-corrected chi connectivity index (χ3v) is 6.36. The molecule has 134 valence electrons. The summed E-state index contributed by atoms with van der Waals surface area (Å²) in [4.78, 5) is 26.9. The van der Waals surface area contributed by atoms with Gasteiger partial charge in [0.05, 0.1) is 25.8 Å². The number of carbonyl (C=O) groups excluding carboxylic acids is 1. The fraction of sp³-hybridized carbons (Fsp3) is 0.125. The smallest absolute Gasteiger partial charge is 0.271 e. The molecular formula is C16H13N3O5S2. The van der Waals surface area contributed by atoms with Crippen molar-refractivity contribution in [2.75, 3.05) is 11.1 Å². The molecule has 0 aliphatic heterocycles. The second kappa shape index (κ2) is 6.81. The quantitative estimate of drug-likeness (QED) is 0.527. The van der Waals surface area contributed by atoms with E-state index in [9.17, 15) is 23.3 Å². The van der Waals surface area contributed by atoms with Crippen molar-refractivity contribution in [1.29, 1.82) is 0 Å². The molecule has 0 spiro atoms. The third-order valence-electron chi connectivity index (χ3n) is 3.66. The fourth-order valence-electron chi connectivity index (χ4n) is 2.23. The highest BCUT2D eigenvalue weighted by atomic mass is 32.2. The third kappa shape index (κ3) is 3.55. The van der Waals surface area contributed by atoms with E-state index in [2.05, 4.69) is 10.3 Å². The lowest BCUT2D eigenvalue weighted by molar-refractivity contribution is -0.384. The number of hydrogen-bond donors (Lipinski definition) is 1. The molecule has 0 saturated heterocycles. The van der Waals surface area contributed by atoms with E-state index >= 15 is 0 Å². The van der Waals surface area contributed by atoms with E-state index in [4.69, 9.17) is 0 Å². The normalized spacial score (nSPS) is 11.4. The Morgan fingerprint density at radius 3 is 2.54 bits per heavy atom. The van der Waals surface area contributed by atoms with E-state index in [1.165, 1.54) is 47.7 Å². The van der Waals surface area contributed by atoms with Crippen molar-refractivity contribution >= 4 is 48.1 Å². The highest BCUT2D eigenvalue weighted by Gasteiger charge is 2.15. The number of rotatable bonds is 5. The number of anilines is 1. The van der Waals surface area contributed by atoms with E-state index in [1.54, 1.807) is 13.0 Å². The van der Waals surface area contributed by atoms with Crippen molar-refractivity contribution in [3.05, 3.63) is 58.1 Å². The van der Waals surface area contributed by atoms with Gasteiger partial charge >= 0.3 is 0 Å². The van der Waals surface area contributed by atoms with Crippen LogP contribution >= 0.6 is 11.3 Å². The van der Waals surface area contributed by atoms with Crippen molar-refractivity contribution < 1.29 is 18.1 Å². The molecular weight excluding hydrogens is 378 g/mol. The number of fused-ring (bicyclic) bond motifs is 1. The van der Waals surface area contributed by atoms with Crippen molar-refractivity contribution in [1.82, 2.24) is 4.98 Å². The topological polar surface area (TPSA) is 119 Å². The minimum Gasteiger partial charge on any atom is -0.298 e. The SMILES string of the molecule is CCS(=O)(=O)c1ccc(C(=O)Nc2nc3cc([N+](=O)[O-])ccc3s2)cc1. The maximum absolute atomic E-state index is 12.3. The summed E-state index contributed by atoms with van der Waals surface area (Å²) in [6.45, 7) is 1.55. The van der Waals surface area contributed by atoms with Crippen molar-refractivity contribution in [3.63, 3.8) is 0 Å². The molecule has 0 unspecified atom stereocenters. The first-order valence-electron chi connectivity index (χ1n) is 7.49. The minimum absolute atomic E-state index is 0.0175. The summed E-state index contributed by atoms with van der Waals surface area (Å²) < 4.78 is 24.3. The average Bonchev–Trinajstić information content (AvgIpc) is 3.03. The molecule has 10 heteroatoms. The second-order valence-corrected chi connectivity index (χ2v) is 8.62. The lowest BCUT2D eigenvalue weighted by Gasteiger charge is -2.04. The minimum atomic E-state index is -3.33. The second-order valence-electron chi connectivity index (χ2n) is 5.31. The van der Waals surface area contributed by atoms with Gasteiger partial charge in [-0.3, -0.25) is 20.2 Å². The van der Waals surface area contributed by atoms with Crippen LogP contribution in [0.15, 0.2) is 47.4 Å². The number of sulfone groups is 1. The summed E-state index contributed by atoms with van der Waals surface area (Å²) >= 11 is 1.19. The number of nitro benzene ring substituents is 1. The Hall–Kier alpha value is -2.85. The van der Waals surface area contributed by atoms with Gasteiger partial charge in [0.2, 0.25) is 0 Å².